The number of rotatable bonds is 4. The predicted octanol–water partition coefficient (Wildman–Crippen LogP) is 3.75. The van der Waals surface area contributed by atoms with Crippen molar-refractivity contribution >= 4 is 5.82 Å². The van der Waals surface area contributed by atoms with Crippen molar-refractivity contribution in [3.63, 3.8) is 0 Å². The first-order valence-electron chi connectivity index (χ1n) is 5.88. The third-order valence-corrected chi connectivity index (χ3v) is 2.45. The van der Waals surface area contributed by atoms with Gasteiger partial charge >= 0.3 is 12.4 Å². The molecule has 1 aromatic heterocycles. The van der Waals surface area contributed by atoms with Crippen LogP contribution < -0.4 is 4.90 Å². The number of nitriles is 1. The Labute approximate surface area is 116 Å². The molecule has 0 saturated heterocycles. The van der Waals surface area contributed by atoms with Crippen LogP contribution in [0.15, 0.2) is 12.1 Å². The van der Waals surface area contributed by atoms with E-state index in [1.54, 1.807) is 13.0 Å². The molecule has 0 fully saturated rings. The van der Waals surface area contributed by atoms with E-state index < -0.39 is 30.4 Å². The number of halogens is 6. The van der Waals surface area contributed by atoms with Gasteiger partial charge in [-0.25, -0.2) is 4.98 Å². The fourth-order valence-electron chi connectivity index (χ4n) is 1.68. The number of aromatic nitrogens is 1. The summed E-state index contributed by atoms with van der Waals surface area (Å²) in [5.41, 5.74) is -1.67. The zero-order valence-corrected chi connectivity index (χ0v) is 10.9. The SMILES string of the molecule is CCCN(CC(F)(F)F)c1nc(C(F)(F)F)ccc1C#N. The fraction of sp³-hybridized carbons (Fsp3) is 0.500. The molecule has 0 aliphatic heterocycles. The van der Waals surface area contributed by atoms with Gasteiger partial charge in [-0.15, -0.1) is 0 Å². The van der Waals surface area contributed by atoms with Gasteiger partial charge in [0.05, 0.1) is 5.56 Å². The largest absolute Gasteiger partial charge is 0.433 e. The van der Waals surface area contributed by atoms with Crippen molar-refractivity contribution in [2.24, 2.45) is 0 Å². The molecular formula is C12H11F6N3. The molecule has 21 heavy (non-hydrogen) atoms. The summed E-state index contributed by atoms with van der Waals surface area (Å²) in [5, 5.41) is 8.85. The van der Waals surface area contributed by atoms with Crippen molar-refractivity contribution < 1.29 is 26.3 Å². The second kappa shape index (κ2) is 6.20. The van der Waals surface area contributed by atoms with Gasteiger partial charge in [-0.3, -0.25) is 0 Å². The van der Waals surface area contributed by atoms with Crippen LogP contribution >= 0.6 is 0 Å². The maximum atomic E-state index is 12.6. The first-order chi connectivity index (χ1) is 9.58. The molecule has 0 aliphatic rings. The standard InChI is InChI=1S/C12H11F6N3/c1-2-5-21(7-11(13,14)15)10-8(6-19)3-4-9(20-10)12(16,17)18/h3-4H,2,5,7H2,1H3. The summed E-state index contributed by atoms with van der Waals surface area (Å²) in [6.07, 6.45) is -9.14. The molecule has 0 saturated carbocycles. The lowest BCUT2D eigenvalue weighted by Crippen LogP contribution is -2.36. The van der Waals surface area contributed by atoms with Crippen LogP contribution in [0.3, 0.4) is 0 Å². The molecule has 0 N–H and O–H groups in total. The Morgan fingerprint density at radius 3 is 2.24 bits per heavy atom. The molecule has 0 aliphatic carbocycles. The number of anilines is 1. The van der Waals surface area contributed by atoms with Crippen molar-refractivity contribution in [3.05, 3.63) is 23.4 Å². The highest BCUT2D eigenvalue weighted by Gasteiger charge is 2.36. The number of hydrogen-bond donors (Lipinski definition) is 0. The number of nitrogens with zero attached hydrogens (tertiary/aromatic N) is 3. The molecule has 0 bridgehead atoms. The normalized spacial score (nSPS) is 12.1. The van der Waals surface area contributed by atoms with Crippen molar-refractivity contribution in [2.75, 3.05) is 18.0 Å². The highest BCUT2D eigenvalue weighted by atomic mass is 19.4. The zero-order valence-electron chi connectivity index (χ0n) is 10.9. The average molecular weight is 311 g/mol. The average Bonchev–Trinajstić information content (AvgIpc) is 2.35. The minimum atomic E-state index is -4.79. The van der Waals surface area contributed by atoms with Gasteiger partial charge in [0.15, 0.2) is 0 Å². The van der Waals surface area contributed by atoms with Crippen molar-refractivity contribution in [1.82, 2.24) is 4.98 Å². The van der Waals surface area contributed by atoms with Gasteiger partial charge in [0, 0.05) is 6.54 Å². The van der Waals surface area contributed by atoms with Crippen LogP contribution in [0.2, 0.25) is 0 Å². The van der Waals surface area contributed by atoms with E-state index in [0.717, 1.165) is 6.07 Å². The van der Waals surface area contributed by atoms with E-state index in [1.807, 2.05) is 0 Å². The lowest BCUT2D eigenvalue weighted by molar-refractivity contribution is -0.141. The van der Waals surface area contributed by atoms with Crippen LogP contribution in [-0.2, 0) is 6.18 Å². The van der Waals surface area contributed by atoms with E-state index in [9.17, 15) is 26.3 Å². The van der Waals surface area contributed by atoms with Gasteiger partial charge < -0.3 is 4.90 Å². The minimum absolute atomic E-state index is 0.164. The van der Waals surface area contributed by atoms with Crippen LogP contribution in [-0.4, -0.2) is 24.2 Å². The Morgan fingerprint density at radius 1 is 1.19 bits per heavy atom. The molecule has 0 atom stereocenters. The van der Waals surface area contributed by atoms with E-state index in [-0.39, 0.29) is 18.5 Å². The van der Waals surface area contributed by atoms with E-state index in [2.05, 4.69) is 4.98 Å². The number of pyridine rings is 1. The lowest BCUT2D eigenvalue weighted by atomic mass is 10.2. The van der Waals surface area contributed by atoms with Gasteiger partial charge in [0.2, 0.25) is 0 Å². The molecule has 3 nitrogen and oxygen atoms in total. The van der Waals surface area contributed by atoms with E-state index in [0.29, 0.717) is 11.0 Å². The zero-order chi connectivity index (χ0) is 16.3. The third kappa shape index (κ3) is 4.81. The molecule has 9 heteroatoms. The predicted molar refractivity (Wildman–Crippen MR) is 62.5 cm³/mol. The number of alkyl halides is 6. The summed E-state index contributed by atoms with van der Waals surface area (Å²) in [7, 11) is 0. The third-order valence-electron chi connectivity index (χ3n) is 2.45. The van der Waals surface area contributed by atoms with Gasteiger partial charge in [0.25, 0.3) is 0 Å². The van der Waals surface area contributed by atoms with Crippen LogP contribution in [0.25, 0.3) is 0 Å². The highest BCUT2D eigenvalue weighted by molar-refractivity contribution is 5.54. The monoisotopic (exact) mass is 311 g/mol. The maximum absolute atomic E-state index is 12.6. The summed E-state index contributed by atoms with van der Waals surface area (Å²) in [4.78, 5) is 3.83. The molecule has 116 valence electrons. The quantitative estimate of drug-likeness (QED) is 0.795. The van der Waals surface area contributed by atoms with Gasteiger partial charge in [0.1, 0.15) is 24.1 Å². The molecule has 0 spiro atoms. The van der Waals surface area contributed by atoms with Crippen LogP contribution in [0.1, 0.15) is 24.6 Å². The summed E-state index contributed by atoms with van der Waals surface area (Å²) >= 11 is 0. The Hall–Kier alpha value is -1.98. The van der Waals surface area contributed by atoms with Gasteiger partial charge in [-0.1, -0.05) is 6.92 Å². The first-order valence-corrected chi connectivity index (χ1v) is 5.88. The first kappa shape index (κ1) is 17.1. The van der Waals surface area contributed by atoms with Crippen molar-refractivity contribution in [1.29, 1.82) is 5.26 Å². The van der Waals surface area contributed by atoms with Crippen molar-refractivity contribution in [3.8, 4) is 6.07 Å². The molecule has 1 aromatic rings. The minimum Gasteiger partial charge on any atom is -0.346 e. The fourth-order valence-corrected chi connectivity index (χ4v) is 1.68. The molecular weight excluding hydrogens is 300 g/mol. The molecule has 0 radical (unpaired) electrons. The smallest absolute Gasteiger partial charge is 0.346 e. The van der Waals surface area contributed by atoms with E-state index >= 15 is 0 Å². The Bertz CT molecular complexity index is 529. The molecule has 0 unspecified atom stereocenters. The second-order valence-electron chi connectivity index (χ2n) is 4.21. The Morgan fingerprint density at radius 2 is 1.81 bits per heavy atom. The highest BCUT2D eigenvalue weighted by Crippen LogP contribution is 2.31. The topological polar surface area (TPSA) is 39.9 Å². The van der Waals surface area contributed by atoms with Gasteiger partial charge in [-0.2, -0.15) is 31.6 Å². The second-order valence-corrected chi connectivity index (χ2v) is 4.21. The molecule has 0 aromatic carbocycles. The molecule has 1 rings (SSSR count). The van der Waals surface area contributed by atoms with E-state index in [4.69, 9.17) is 5.26 Å². The van der Waals surface area contributed by atoms with Crippen molar-refractivity contribution in [2.45, 2.75) is 25.7 Å². The lowest BCUT2D eigenvalue weighted by Gasteiger charge is -2.25. The summed E-state index contributed by atoms with van der Waals surface area (Å²) in [5.74, 6) is -0.605. The molecule has 1 heterocycles. The summed E-state index contributed by atoms with van der Waals surface area (Å²) in [6.45, 7) is -0.0602. The Balaban J connectivity index is 3.31. The van der Waals surface area contributed by atoms with E-state index in [1.165, 1.54) is 0 Å². The van der Waals surface area contributed by atoms with Gasteiger partial charge in [-0.05, 0) is 18.6 Å². The molecule has 0 amide bonds. The van der Waals surface area contributed by atoms with Crippen LogP contribution in [0.5, 0.6) is 0 Å². The summed E-state index contributed by atoms with van der Waals surface area (Å²) in [6, 6.07) is 2.95. The number of hydrogen-bond acceptors (Lipinski definition) is 3. The van der Waals surface area contributed by atoms with Crippen LogP contribution in [0, 0.1) is 11.3 Å². The Kier molecular flexibility index (Phi) is 5.04. The summed E-state index contributed by atoms with van der Waals surface area (Å²) < 4.78 is 75.3. The van der Waals surface area contributed by atoms with Crippen LogP contribution in [0.4, 0.5) is 32.2 Å². The maximum Gasteiger partial charge on any atom is 0.433 e.